The average molecular weight is 521 g/mol. The first-order valence-electron chi connectivity index (χ1n) is 12.5. The van der Waals surface area contributed by atoms with E-state index < -0.39 is 35.1 Å². The van der Waals surface area contributed by atoms with Gasteiger partial charge in [0.05, 0.1) is 24.7 Å². The van der Waals surface area contributed by atoms with E-state index in [0.29, 0.717) is 27.7 Å². The Morgan fingerprint density at radius 2 is 1.92 bits per heavy atom. The fraction of sp³-hybridized carbons (Fsp3) is 0.379. The molecule has 0 aliphatic carbocycles. The molecule has 1 unspecified atom stereocenters. The van der Waals surface area contributed by atoms with Crippen LogP contribution in [0.1, 0.15) is 50.4 Å². The third kappa shape index (κ3) is 4.68. The van der Waals surface area contributed by atoms with Crippen molar-refractivity contribution in [2.45, 2.75) is 57.3 Å². The van der Waals surface area contributed by atoms with Crippen molar-refractivity contribution >= 4 is 28.7 Å². The van der Waals surface area contributed by atoms with Crippen LogP contribution in [0.5, 0.6) is 5.75 Å². The van der Waals surface area contributed by atoms with Gasteiger partial charge >= 0.3 is 12.1 Å². The maximum atomic E-state index is 14.3. The van der Waals surface area contributed by atoms with E-state index in [2.05, 4.69) is 0 Å². The summed E-state index contributed by atoms with van der Waals surface area (Å²) in [4.78, 5) is 45.6. The molecule has 38 heavy (non-hydrogen) atoms. The fourth-order valence-corrected chi connectivity index (χ4v) is 5.20. The van der Waals surface area contributed by atoms with E-state index in [1.807, 2.05) is 12.1 Å². The number of carbonyl (C=O) groups excluding carboxylic acids is 3. The summed E-state index contributed by atoms with van der Waals surface area (Å²) in [5.74, 6) is -0.998. The minimum atomic E-state index is -1.09. The third-order valence-corrected chi connectivity index (χ3v) is 6.85. The van der Waals surface area contributed by atoms with Crippen LogP contribution in [0.3, 0.4) is 0 Å². The van der Waals surface area contributed by atoms with Gasteiger partial charge in [0.25, 0.3) is 0 Å². The highest BCUT2D eigenvalue weighted by Crippen LogP contribution is 2.46. The minimum Gasteiger partial charge on any atom is -0.482 e. The number of ketones is 1. The Kier molecular flexibility index (Phi) is 6.33. The maximum Gasteiger partial charge on any atom is 0.411 e. The maximum absolute atomic E-state index is 14.3. The molecule has 3 heterocycles. The van der Waals surface area contributed by atoms with Gasteiger partial charge in [-0.15, -0.1) is 0 Å². The second-order valence-electron chi connectivity index (χ2n) is 10.8. The number of carbonyl (C=O) groups is 3. The van der Waals surface area contributed by atoms with Gasteiger partial charge in [0, 0.05) is 23.8 Å². The van der Waals surface area contributed by atoms with E-state index in [0.717, 1.165) is 0 Å². The molecular weight excluding hydrogens is 491 g/mol. The van der Waals surface area contributed by atoms with Gasteiger partial charge in [-0.2, -0.15) is 0 Å². The predicted octanol–water partition coefficient (Wildman–Crippen LogP) is 5.32. The minimum absolute atomic E-state index is 0.00379. The lowest BCUT2D eigenvalue weighted by Crippen LogP contribution is -2.45. The summed E-state index contributed by atoms with van der Waals surface area (Å²) < 4.78 is 31.5. The molecule has 198 valence electrons. The second-order valence-corrected chi connectivity index (χ2v) is 10.8. The van der Waals surface area contributed by atoms with E-state index in [-0.39, 0.29) is 37.3 Å². The molecule has 2 aliphatic heterocycles. The molecule has 2 aromatic carbocycles. The molecular formula is C29H29FN2O6. The highest BCUT2D eigenvalue weighted by molar-refractivity contribution is 6.11. The van der Waals surface area contributed by atoms with Gasteiger partial charge in [-0.3, -0.25) is 9.69 Å². The van der Waals surface area contributed by atoms with Gasteiger partial charge in [0.1, 0.15) is 28.8 Å². The zero-order valence-corrected chi connectivity index (χ0v) is 21.7. The number of Topliss-reactive ketones (excluding diaryl/α,β-unsaturated/α-hetero) is 1. The summed E-state index contributed by atoms with van der Waals surface area (Å²) in [5.41, 5.74) is -0.178. The topological polar surface area (TPSA) is 95.0 Å². The standard InChI is InChI=1S/C29H29FN2O6/c1-28(2,3)38-27(35)32-16-29(15-21(32)26(34)36-4)13-12-22(33)23-19-10-5-6-11-20(19)31-24(25(23)37-29)17-8-7-9-18(30)14-17/h5-11,14,21H,12-13,15-16H2,1-4H3/t21-,29?/m0/s1. The normalized spacial score (nSPS) is 21.1. The average Bonchev–Trinajstić information content (AvgIpc) is 3.18. The van der Waals surface area contributed by atoms with Crippen LogP contribution in [0.2, 0.25) is 0 Å². The number of amides is 1. The number of halogens is 1. The van der Waals surface area contributed by atoms with Crippen LogP contribution in [0, 0.1) is 5.82 Å². The lowest BCUT2D eigenvalue weighted by molar-refractivity contribution is -0.145. The molecule has 1 amide bonds. The largest absolute Gasteiger partial charge is 0.482 e. The van der Waals surface area contributed by atoms with Gasteiger partial charge < -0.3 is 14.2 Å². The van der Waals surface area contributed by atoms with Gasteiger partial charge in [0.2, 0.25) is 0 Å². The molecule has 0 saturated carbocycles. The van der Waals surface area contributed by atoms with Gasteiger partial charge in [-0.25, -0.2) is 19.0 Å². The molecule has 9 heteroatoms. The fourth-order valence-electron chi connectivity index (χ4n) is 5.20. The van der Waals surface area contributed by atoms with E-state index in [4.69, 9.17) is 19.2 Å². The molecule has 1 fully saturated rings. The first kappa shape index (κ1) is 25.6. The monoisotopic (exact) mass is 520 g/mol. The Bertz CT molecular complexity index is 1450. The number of aromatic nitrogens is 1. The summed E-state index contributed by atoms with van der Waals surface area (Å²) in [6.45, 7) is 5.22. The van der Waals surface area contributed by atoms with Crippen LogP contribution < -0.4 is 4.74 Å². The van der Waals surface area contributed by atoms with Gasteiger partial charge in [0.15, 0.2) is 11.5 Å². The smallest absolute Gasteiger partial charge is 0.411 e. The van der Waals surface area contributed by atoms with Crippen molar-refractivity contribution in [2.75, 3.05) is 13.7 Å². The highest BCUT2D eigenvalue weighted by atomic mass is 19.1. The molecule has 8 nitrogen and oxygen atoms in total. The van der Waals surface area contributed by atoms with Crippen LogP contribution in [0.4, 0.5) is 9.18 Å². The van der Waals surface area contributed by atoms with Crippen LogP contribution in [-0.2, 0) is 14.3 Å². The Morgan fingerprint density at radius 3 is 2.63 bits per heavy atom. The summed E-state index contributed by atoms with van der Waals surface area (Å²) in [6.07, 6.45) is -0.198. The number of rotatable bonds is 2. The number of hydrogen-bond donors (Lipinski definition) is 0. The Morgan fingerprint density at radius 1 is 1.16 bits per heavy atom. The van der Waals surface area contributed by atoms with Crippen molar-refractivity contribution in [1.29, 1.82) is 0 Å². The van der Waals surface area contributed by atoms with Crippen molar-refractivity contribution in [3.05, 3.63) is 59.9 Å². The number of pyridine rings is 1. The Balaban J connectivity index is 1.66. The SMILES string of the molecule is COC(=O)[C@@H]1CC2(CCC(=O)c3c(c(-c4cccc(F)c4)nc4ccccc34)O2)CN1C(=O)OC(C)(C)C. The molecule has 5 rings (SSSR count). The zero-order valence-electron chi connectivity index (χ0n) is 21.7. The molecule has 0 N–H and O–H groups in total. The summed E-state index contributed by atoms with van der Waals surface area (Å²) in [6, 6.07) is 12.2. The number of ether oxygens (including phenoxy) is 3. The van der Waals surface area contributed by atoms with Crippen molar-refractivity contribution < 1.29 is 33.0 Å². The Hall–Kier alpha value is -4.01. The summed E-state index contributed by atoms with van der Waals surface area (Å²) >= 11 is 0. The second kappa shape index (κ2) is 9.38. The molecule has 3 aromatic rings. The van der Waals surface area contributed by atoms with Crippen molar-refractivity contribution in [3.63, 3.8) is 0 Å². The van der Waals surface area contributed by atoms with Crippen LogP contribution in [-0.4, -0.2) is 58.6 Å². The first-order valence-corrected chi connectivity index (χ1v) is 12.5. The van der Waals surface area contributed by atoms with Crippen LogP contribution in [0.15, 0.2) is 48.5 Å². The van der Waals surface area contributed by atoms with Crippen molar-refractivity contribution in [2.24, 2.45) is 0 Å². The summed E-state index contributed by atoms with van der Waals surface area (Å²) in [7, 11) is 1.26. The number of likely N-dealkylation sites (tertiary alicyclic amines) is 1. The highest BCUT2D eigenvalue weighted by Gasteiger charge is 2.53. The number of esters is 1. The van der Waals surface area contributed by atoms with Gasteiger partial charge in [-0.1, -0.05) is 30.3 Å². The Labute approximate surface area is 219 Å². The molecule has 1 spiro atoms. The lowest BCUT2D eigenvalue weighted by atomic mass is 9.92. The molecule has 0 bridgehead atoms. The number of nitrogens with zero attached hydrogens (tertiary/aromatic N) is 2. The van der Waals surface area contributed by atoms with Crippen LogP contribution >= 0.6 is 0 Å². The van der Waals surface area contributed by atoms with Crippen LogP contribution in [0.25, 0.3) is 22.2 Å². The number of para-hydroxylation sites is 1. The molecule has 2 atom stereocenters. The predicted molar refractivity (Wildman–Crippen MR) is 137 cm³/mol. The van der Waals surface area contributed by atoms with E-state index in [1.54, 1.807) is 45.0 Å². The number of methoxy groups -OCH3 is 1. The first-order chi connectivity index (χ1) is 18.0. The molecule has 2 aliphatic rings. The molecule has 0 radical (unpaired) electrons. The van der Waals surface area contributed by atoms with Gasteiger partial charge in [-0.05, 0) is 45.4 Å². The number of benzene rings is 2. The summed E-state index contributed by atoms with van der Waals surface area (Å²) in [5, 5.41) is 0.621. The third-order valence-electron chi connectivity index (χ3n) is 6.85. The van der Waals surface area contributed by atoms with Crippen molar-refractivity contribution in [3.8, 4) is 17.0 Å². The molecule has 1 aromatic heterocycles. The zero-order chi connectivity index (χ0) is 27.2. The lowest BCUT2D eigenvalue weighted by Gasteiger charge is -2.30. The van der Waals surface area contributed by atoms with Crippen molar-refractivity contribution in [1.82, 2.24) is 9.88 Å². The molecule has 1 saturated heterocycles. The number of fused-ring (bicyclic) bond motifs is 3. The quantitative estimate of drug-likeness (QED) is 0.422. The van der Waals surface area contributed by atoms with E-state index in [9.17, 15) is 18.8 Å². The van der Waals surface area contributed by atoms with E-state index in [1.165, 1.54) is 24.1 Å². The number of hydrogen-bond acceptors (Lipinski definition) is 7. The van der Waals surface area contributed by atoms with E-state index >= 15 is 0 Å².